The maximum atomic E-state index is 13.9. The van der Waals surface area contributed by atoms with Gasteiger partial charge in [0.05, 0.1) is 20.6 Å². The zero-order chi connectivity index (χ0) is 27.9. The smallest absolute Gasteiger partial charge is 0.264 e. The average molecular weight is 688 g/mol. The molecule has 11 heteroatoms. The molecule has 38 heavy (non-hydrogen) atoms. The van der Waals surface area contributed by atoms with E-state index in [2.05, 4.69) is 27.9 Å². The Morgan fingerprint density at radius 3 is 2.18 bits per heavy atom. The maximum absolute atomic E-state index is 13.9. The Labute approximate surface area is 247 Å². The van der Waals surface area contributed by atoms with E-state index in [9.17, 15) is 18.0 Å². The number of rotatable bonds is 11. The molecule has 0 unspecified atom stereocenters. The highest BCUT2D eigenvalue weighted by Gasteiger charge is 2.33. The first-order valence-electron chi connectivity index (χ1n) is 11.9. The topological polar surface area (TPSA) is 86.8 Å². The van der Waals surface area contributed by atoms with Crippen molar-refractivity contribution in [3.05, 3.63) is 92.0 Å². The number of likely N-dealkylation sites (N-methyl/N-ethyl adjacent to an activating group) is 1. The van der Waals surface area contributed by atoms with Crippen molar-refractivity contribution in [2.45, 2.75) is 37.8 Å². The summed E-state index contributed by atoms with van der Waals surface area (Å²) in [7, 11) is -4.10. The lowest BCUT2D eigenvalue weighted by Gasteiger charge is -2.33. The molecule has 1 N–H and O–H groups in total. The zero-order valence-electron chi connectivity index (χ0n) is 20.9. The Balaban J connectivity index is 2.05. The molecule has 3 rings (SSSR count). The van der Waals surface area contributed by atoms with Crippen LogP contribution < -0.4 is 9.62 Å². The second-order valence-corrected chi connectivity index (χ2v) is 12.3. The summed E-state index contributed by atoms with van der Waals surface area (Å²) in [6.07, 6.45) is 0.327. The first-order chi connectivity index (χ1) is 18.1. The van der Waals surface area contributed by atoms with Gasteiger partial charge in [-0.15, -0.1) is 0 Å². The van der Waals surface area contributed by atoms with E-state index in [-0.39, 0.29) is 17.3 Å². The van der Waals surface area contributed by atoms with Crippen molar-refractivity contribution < 1.29 is 18.0 Å². The number of anilines is 1. The van der Waals surface area contributed by atoms with E-state index >= 15 is 0 Å². The predicted molar refractivity (Wildman–Crippen MR) is 160 cm³/mol. The second-order valence-electron chi connectivity index (χ2n) is 8.39. The molecule has 3 aromatic carbocycles. The van der Waals surface area contributed by atoms with Gasteiger partial charge < -0.3 is 10.2 Å². The van der Waals surface area contributed by atoms with Crippen LogP contribution in [-0.2, 0) is 26.2 Å². The van der Waals surface area contributed by atoms with Gasteiger partial charge in [-0.3, -0.25) is 13.9 Å². The third kappa shape index (κ3) is 7.40. The SMILES string of the molecule is CCNC(=O)[C@H](CC)N(Cc1ccc(Cl)c(Cl)c1)C(=O)CN(c1ccc(I)cc1)S(=O)(=O)c1ccccc1. The zero-order valence-corrected chi connectivity index (χ0v) is 25.4. The highest BCUT2D eigenvalue weighted by Crippen LogP contribution is 2.27. The van der Waals surface area contributed by atoms with Gasteiger partial charge in [0.2, 0.25) is 11.8 Å². The summed E-state index contributed by atoms with van der Waals surface area (Å²) < 4.78 is 29.5. The molecule has 0 aliphatic heterocycles. The van der Waals surface area contributed by atoms with Gasteiger partial charge in [0.15, 0.2) is 0 Å². The maximum Gasteiger partial charge on any atom is 0.264 e. The fourth-order valence-corrected chi connectivity index (χ4v) is 6.02. The highest BCUT2D eigenvalue weighted by molar-refractivity contribution is 14.1. The number of hydrogen-bond donors (Lipinski definition) is 1. The molecule has 0 fully saturated rings. The molecule has 0 aliphatic carbocycles. The number of benzene rings is 3. The highest BCUT2D eigenvalue weighted by atomic mass is 127. The van der Waals surface area contributed by atoms with Crippen molar-refractivity contribution in [1.82, 2.24) is 10.2 Å². The molecule has 2 amide bonds. The second kappa shape index (κ2) is 13.6. The van der Waals surface area contributed by atoms with Crippen molar-refractivity contribution in [1.29, 1.82) is 0 Å². The van der Waals surface area contributed by atoms with Gasteiger partial charge in [0.1, 0.15) is 12.6 Å². The summed E-state index contributed by atoms with van der Waals surface area (Å²) >= 11 is 14.4. The molecule has 0 aromatic heterocycles. The summed E-state index contributed by atoms with van der Waals surface area (Å²) in [5, 5.41) is 3.45. The number of nitrogens with zero attached hydrogens (tertiary/aromatic N) is 2. The predicted octanol–water partition coefficient (Wildman–Crippen LogP) is 5.74. The largest absolute Gasteiger partial charge is 0.355 e. The van der Waals surface area contributed by atoms with Crippen LogP contribution in [0.1, 0.15) is 25.8 Å². The van der Waals surface area contributed by atoms with Crippen LogP contribution >= 0.6 is 45.8 Å². The van der Waals surface area contributed by atoms with E-state index in [1.165, 1.54) is 17.0 Å². The molecule has 7 nitrogen and oxygen atoms in total. The molecule has 0 saturated carbocycles. The molecular formula is C27H28Cl2IN3O4S. The summed E-state index contributed by atoms with van der Waals surface area (Å²) in [6, 6.07) is 18.9. The van der Waals surface area contributed by atoms with Gasteiger partial charge in [-0.05, 0) is 90.0 Å². The molecule has 0 bridgehead atoms. The Hall–Kier alpha value is -2.34. The lowest BCUT2D eigenvalue weighted by atomic mass is 10.1. The fraction of sp³-hybridized carbons (Fsp3) is 0.259. The number of sulfonamides is 1. The standard InChI is InChI=1S/C27H28Cl2IN3O4S/c1-3-25(27(35)31-4-2)32(17-19-10-15-23(28)24(29)16-19)26(34)18-33(21-13-11-20(30)12-14-21)38(36,37)22-8-6-5-7-9-22/h5-16,25H,3-4,17-18H2,1-2H3,(H,31,35)/t25-/m0/s1. The van der Waals surface area contributed by atoms with Crippen LogP contribution in [0, 0.1) is 3.57 Å². The van der Waals surface area contributed by atoms with Gasteiger partial charge in [0.25, 0.3) is 10.0 Å². The molecule has 1 atom stereocenters. The lowest BCUT2D eigenvalue weighted by molar-refractivity contribution is -0.140. The van der Waals surface area contributed by atoms with Crippen LogP contribution in [-0.4, -0.2) is 44.3 Å². The minimum Gasteiger partial charge on any atom is -0.355 e. The van der Waals surface area contributed by atoms with Crippen LogP contribution in [0.3, 0.4) is 0 Å². The number of carbonyl (C=O) groups excluding carboxylic acids is 2. The first-order valence-corrected chi connectivity index (χ1v) is 15.2. The Bertz CT molecular complexity index is 1370. The van der Waals surface area contributed by atoms with Gasteiger partial charge in [-0.1, -0.05) is 54.4 Å². The van der Waals surface area contributed by atoms with Gasteiger partial charge >= 0.3 is 0 Å². The van der Waals surface area contributed by atoms with Crippen LogP contribution in [0.15, 0.2) is 77.7 Å². The molecule has 0 heterocycles. The molecule has 0 radical (unpaired) electrons. The average Bonchev–Trinajstić information content (AvgIpc) is 2.90. The molecule has 0 saturated heterocycles. The Kier molecular flexibility index (Phi) is 10.8. The van der Waals surface area contributed by atoms with E-state index in [1.807, 2.05) is 0 Å². The number of hydrogen-bond acceptors (Lipinski definition) is 4. The first kappa shape index (κ1) is 30.2. The monoisotopic (exact) mass is 687 g/mol. The van der Waals surface area contributed by atoms with Crippen molar-refractivity contribution >= 4 is 73.3 Å². The molecule has 0 aliphatic rings. The summed E-state index contributed by atoms with van der Waals surface area (Å²) in [5.41, 5.74) is 0.991. The third-order valence-electron chi connectivity index (χ3n) is 5.80. The molecule has 0 spiro atoms. The molecular weight excluding hydrogens is 660 g/mol. The summed E-state index contributed by atoms with van der Waals surface area (Å²) in [5.74, 6) is -0.859. The van der Waals surface area contributed by atoms with E-state index < -0.39 is 28.5 Å². The minimum atomic E-state index is -4.10. The van der Waals surface area contributed by atoms with Gasteiger partial charge in [-0.25, -0.2) is 8.42 Å². The van der Waals surface area contributed by atoms with Gasteiger partial charge in [0, 0.05) is 16.7 Å². The number of nitrogens with one attached hydrogen (secondary N) is 1. The quantitative estimate of drug-likeness (QED) is 0.261. The lowest BCUT2D eigenvalue weighted by Crippen LogP contribution is -2.52. The van der Waals surface area contributed by atoms with E-state index in [0.29, 0.717) is 34.3 Å². The van der Waals surface area contributed by atoms with Crippen molar-refractivity contribution in [2.75, 3.05) is 17.4 Å². The van der Waals surface area contributed by atoms with Gasteiger partial charge in [-0.2, -0.15) is 0 Å². The van der Waals surface area contributed by atoms with Crippen molar-refractivity contribution in [3.63, 3.8) is 0 Å². The normalized spacial score (nSPS) is 12.0. The van der Waals surface area contributed by atoms with E-state index in [4.69, 9.17) is 23.2 Å². The summed E-state index contributed by atoms with van der Waals surface area (Å²) in [6.45, 7) is 3.51. The van der Waals surface area contributed by atoms with Crippen LogP contribution in [0.25, 0.3) is 0 Å². The number of carbonyl (C=O) groups is 2. The molecule has 202 valence electrons. The number of halogens is 3. The Morgan fingerprint density at radius 1 is 0.947 bits per heavy atom. The van der Waals surface area contributed by atoms with Crippen LogP contribution in [0.4, 0.5) is 5.69 Å². The van der Waals surface area contributed by atoms with E-state index in [0.717, 1.165) is 7.88 Å². The van der Waals surface area contributed by atoms with Crippen molar-refractivity contribution in [2.24, 2.45) is 0 Å². The Morgan fingerprint density at radius 2 is 1.61 bits per heavy atom. The summed E-state index contributed by atoms with van der Waals surface area (Å²) in [4.78, 5) is 28.3. The molecule has 3 aromatic rings. The van der Waals surface area contributed by atoms with Crippen molar-refractivity contribution in [3.8, 4) is 0 Å². The number of amides is 2. The minimum absolute atomic E-state index is 0.0390. The third-order valence-corrected chi connectivity index (χ3v) is 9.04. The van der Waals surface area contributed by atoms with Crippen LogP contribution in [0.5, 0.6) is 0 Å². The van der Waals surface area contributed by atoms with E-state index in [1.54, 1.807) is 74.5 Å². The van der Waals surface area contributed by atoms with Crippen LogP contribution in [0.2, 0.25) is 10.0 Å². The fourth-order valence-electron chi connectivity index (χ4n) is 3.90.